The lowest BCUT2D eigenvalue weighted by molar-refractivity contribution is -0.131. The Kier molecular flexibility index (Phi) is 6.29. The first-order valence-electron chi connectivity index (χ1n) is 8.18. The number of rotatable bonds is 6. The van der Waals surface area contributed by atoms with Crippen molar-refractivity contribution >= 4 is 15.9 Å². The molecule has 2 rings (SSSR count). The lowest BCUT2D eigenvalue weighted by atomic mass is 10.0. The Hall–Kier alpha value is -1.80. The molecule has 1 saturated heterocycles. The van der Waals surface area contributed by atoms with Crippen molar-refractivity contribution in [2.75, 3.05) is 40.6 Å². The van der Waals surface area contributed by atoms with E-state index in [0.717, 1.165) is 5.56 Å². The van der Waals surface area contributed by atoms with Crippen LogP contribution < -0.4 is 9.47 Å². The van der Waals surface area contributed by atoms with Crippen molar-refractivity contribution in [3.05, 3.63) is 23.8 Å². The highest BCUT2D eigenvalue weighted by molar-refractivity contribution is 7.88. The van der Waals surface area contributed by atoms with E-state index < -0.39 is 10.0 Å². The number of amides is 1. The molecule has 25 heavy (non-hydrogen) atoms. The molecule has 0 radical (unpaired) electrons. The second-order valence-electron chi connectivity index (χ2n) is 6.26. The zero-order valence-corrected chi connectivity index (χ0v) is 16.0. The predicted molar refractivity (Wildman–Crippen MR) is 95.5 cm³/mol. The van der Waals surface area contributed by atoms with Gasteiger partial charge < -0.3 is 14.4 Å². The highest BCUT2D eigenvalue weighted by Crippen LogP contribution is 2.28. The molecule has 0 bridgehead atoms. The van der Waals surface area contributed by atoms with Gasteiger partial charge in [-0.1, -0.05) is 6.07 Å². The number of piperidine rings is 1. The molecule has 1 aromatic carbocycles. The topological polar surface area (TPSA) is 76.2 Å². The van der Waals surface area contributed by atoms with Gasteiger partial charge in [-0.05, 0) is 30.5 Å². The lowest BCUT2D eigenvalue weighted by Crippen LogP contribution is -2.47. The second-order valence-corrected chi connectivity index (χ2v) is 8.30. The summed E-state index contributed by atoms with van der Waals surface area (Å²) in [7, 11) is 1.53. The maximum atomic E-state index is 12.5. The first kappa shape index (κ1) is 19.5. The van der Waals surface area contributed by atoms with E-state index in [1.807, 2.05) is 6.07 Å². The minimum absolute atomic E-state index is 0.0349. The number of ether oxygens (including phenoxy) is 2. The van der Waals surface area contributed by atoms with Crippen molar-refractivity contribution in [1.82, 2.24) is 9.21 Å². The number of nitrogens with zero attached hydrogens (tertiary/aromatic N) is 2. The van der Waals surface area contributed by atoms with Gasteiger partial charge in [-0.2, -0.15) is 0 Å². The standard InChI is InChI=1S/C17H26N2O5S/c1-18(25(4,21)22)14-7-9-19(10-8-14)17(20)12-13-5-6-15(23-2)16(11-13)24-3/h5-6,11,14H,7-10,12H2,1-4H3. The molecule has 1 aliphatic heterocycles. The molecule has 1 amide bonds. The van der Waals surface area contributed by atoms with Gasteiger partial charge in [0.05, 0.1) is 26.9 Å². The van der Waals surface area contributed by atoms with E-state index in [0.29, 0.717) is 37.4 Å². The van der Waals surface area contributed by atoms with Crippen LogP contribution in [0.25, 0.3) is 0 Å². The van der Waals surface area contributed by atoms with Gasteiger partial charge in [0.2, 0.25) is 15.9 Å². The molecule has 7 nitrogen and oxygen atoms in total. The maximum Gasteiger partial charge on any atom is 0.226 e. The monoisotopic (exact) mass is 370 g/mol. The van der Waals surface area contributed by atoms with Crippen LogP contribution in [-0.2, 0) is 21.2 Å². The molecule has 0 unspecified atom stereocenters. The van der Waals surface area contributed by atoms with E-state index >= 15 is 0 Å². The molecule has 8 heteroatoms. The summed E-state index contributed by atoms with van der Waals surface area (Å²) in [6.07, 6.45) is 2.80. The van der Waals surface area contributed by atoms with Crippen molar-refractivity contribution in [3.8, 4) is 11.5 Å². The molecule has 0 spiro atoms. The molecule has 0 aromatic heterocycles. The van der Waals surface area contributed by atoms with Gasteiger partial charge in [0, 0.05) is 26.2 Å². The average molecular weight is 370 g/mol. The van der Waals surface area contributed by atoms with E-state index in [-0.39, 0.29) is 18.4 Å². The summed E-state index contributed by atoms with van der Waals surface area (Å²) in [5, 5.41) is 0. The number of methoxy groups -OCH3 is 2. The lowest BCUT2D eigenvalue weighted by Gasteiger charge is -2.35. The number of likely N-dealkylation sites (tertiary alicyclic amines) is 1. The van der Waals surface area contributed by atoms with Crippen LogP contribution in [0.2, 0.25) is 0 Å². The fourth-order valence-electron chi connectivity index (χ4n) is 3.03. The highest BCUT2D eigenvalue weighted by atomic mass is 32.2. The predicted octanol–water partition coefficient (Wildman–Crippen LogP) is 1.13. The van der Waals surface area contributed by atoms with Gasteiger partial charge >= 0.3 is 0 Å². The molecule has 0 N–H and O–H groups in total. The van der Waals surface area contributed by atoms with Crippen molar-refractivity contribution in [3.63, 3.8) is 0 Å². The SMILES string of the molecule is COc1ccc(CC(=O)N2CCC(N(C)S(C)(=O)=O)CC2)cc1OC. The van der Waals surface area contributed by atoms with Gasteiger partial charge in [0.15, 0.2) is 11.5 Å². The van der Waals surface area contributed by atoms with E-state index in [2.05, 4.69) is 0 Å². The first-order chi connectivity index (χ1) is 11.8. The average Bonchev–Trinajstić information content (AvgIpc) is 2.60. The van der Waals surface area contributed by atoms with Crippen LogP contribution in [0, 0.1) is 0 Å². The fraction of sp³-hybridized carbons (Fsp3) is 0.588. The van der Waals surface area contributed by atoms with Crippen LogP contribution in [0.15, 0.2) is 18.2 Å². The molecular formula is C17H26N2O5S. The number of carbonyl (C=O) groups is 1. The third-order valence-electron chi connectivity index (χ3n) is 4.66. The Balaban J connectivity index is 1.95. The molecule has 140 valence electrons. The van der Waals surface area contributed by atoms with Crippen LogP contribution in [0.1, 0.15) is 18.4 Å². The van der Waals surface area contributed by atoms with Crippen molar-refractivity contribution in [2.24, 2.45) is 0 Å². The number of hydrogen-bond donors (Lipinski definition) is 0. The Morgan fingerprint density at radius 1 is 1.20 bits per heavy atom. The molecule has 0 aliphatic carbocycles. The van der Waals surface area contributed by atoms with Crippen molar-refractivity contribution < 1.29 is 22.7 Å². The Morgan fingerprint density at radius 3 is 2.32 bits per heavy atom. The molecule has 1 aliphatic rings. The van der Waals surface area contributed by atoms with E-state index in [1.54, 1.807) is 38.3 Å². The van der Waals surface area contributed by atoms with Crippen LogP contribution >= 0.6 is 0 Å². The summed E-state index contributed by atoms with van der Waals surface area (Å²) in [5.41, 5.74) is 0.859. The molecule has 1 fully saturated rings. The Labute approximate surface area is 149 Å². The second kappa shape index (κ2) is 8.05. The third-order valence-corrected chi connectivity index (χ3v) is 6.00. The highest BCUT2D eigenvalue weighted by Gasteiger charge is 2.29. The molecule has 1 aromatic rings. The van der Waals surface area contributed by atoms with E-state index in [9.17, 15) is 13.2 Å². The quantitative estimate of drug-likeness (QED) is 0.750. The zero-order chi connectivity index (χ0) is 18.6. The largest absolute Gasteiger partial charge is 0.493 e. The molecular weight excluding hydrogens is 344 g/mol. The van der Waals surface area contributed by atoms with Gasteiger partial charge in [0.1, 0.15) is 0 Å². The van der Waals surface area contributed by atoms with Crippen LogP contribution in [0.5, 0.6) is 11.5 Å². The Morgan fingerprint density at radius 2 is 1.80 bits per heavy atom. The summed E-state index contributed by atoms with van der Waals surface area (Å²) >= 11 is 0. The minimum atomic E-state index is -3.20. The van der Waals surface area contributed by atoms with Gasteiger partial charge in [0.25, 0.3) is 0 Å². The first-order valence-corrected chi connectivity index (χ1v) is 10.0. The summed E-state index contributed by atoms with van der Waals surface area (Å²) in [6.45, 7) is 1.13. The fourth-order valence-corrected chi connectivity index (χ4v) is 3.78. The van der Waals surface area contributed by atoms with Crippen LogP contribution in [0.3, 0.4) is 0 Å². The smallest absolute Gasteiger partial charge is 0.226 e. The molecule has 0 atom stereocenters. The van der Waals surface area contributed by atoms with Crippen molar-refractivity contribution in [2.45, 2.75) is 25.3 Å². The Bertz CT molecular complexity index is 712. The zero-order valence-electron chi connectivity index (χ0n) is 15.2. The minimum Gasteiger partial charge on any atom is -0.493 e. The van der Waals surface area contributed by atoms with Gasteiger partial charge in [-0.25, -0.2) is 12.7 Å². The van der Waals surface area contributed by atoms with Crippen LogP contribution in [-0.4, -0.2) is 70.2 Å². The summed E-state index contributed by atoms with van der Waals surface area (Å²) in [6, 6.07) is 5.40. The van der Waals surface area contributed by atoms with E-state index in [1.165, 1.54) is 10.6 Å². The molecule has 1 heterocycles. The number of sulfonamides is 1. The van der Waals surface area contributed by atoms with Crippen LogP contribution in [0.4, 0.5) is 0 Å². The van der Waals surface area contributed by atoms with Gasteiger partial charge in [-0.15, -0.1) is 0 Å². The maximum absolute atomic E-state index is 12.5. The third kappa shape index (κ3) is 4.85. The molecule has 0 saturated carbocycles. The van der Waals surface area contributed by atoms with Crippen molar-refractivity contribution in [1.29, 1.82) is 0 Å². The number of carbonyl (C=O) groups excluding carboxylic acids is 1. The number of hydrogen-bond acceptors (Lipinski definition) is 5. The summed E-state index contributed by atoms with van der Waals surface area (Å²) in [4.78, 5) is 14.3. The van der Waals surface area contributed by atoms with Gasteiger partial charge in [-0.3, -0.25) is 4.79 Å². The summed E-state index contributed by atoms with van der Waals surface area (Å²) in [5.74, 6) is 1.26. The normalized spacial score (nSPS) is 16.1. The number of benzene rings is 1. The van der Waals surface area contributed by atoms with E-state index in [4.69, 9.17) is 9.47 Å². The summed E-state index contributed by atoms with van der Waals surface area (Å²) < 4.78 is 35.1.